The van der Waals surface area contributed by atoms with E-state index in [1.807, 2.05) is 34.2 Å². The normalized spacial score (nSPS) is 21.4. The largest absolute Gasteiger partial charge is 0.339 e. The molecule has 2 aromatic rings. The van der Waals surface area contributed by atoms with Gasteiger partial charge in [-0.25, -0.2) is 9.80 Å². The Morgan fingerprint density at radius 1 is 0.962 bits per heavy atom. The van der Waals surface area contributed by atoms with Gasteiger partial charge in [0, 0.05) is 30.3 Å². The van der Waals surface area contributed by atoms with Crippen LogP contribution in [0, 0.1) is 5.92 Å². The van der Waals surface area contributed by atoms with E-state index in [1.165, 1.54) is 12.0 Å². The summed E-state index contributed by atoms with van der Waals surface area (Å²) in [7, 11) is 0. The molecule has 0 N–H and O–H groups in total. The highest BCUT2D eigenvalue weighted by Gasteiger charge is 2.35. The van der Waals surface area contributed by atoms with Gasteiger partial charge in [0.1, 0.15) is 0 Å². The molecular formula is C21H24ClN3O. The number of piperidine rings is 1. The number of carbonyl (C=O) groups is 1. The van der Waals surface area contributed by atoms with Gasteiger partial charge in [0.15, 0.2) is 0 Å². The number of hydrogen-bond acceptors (Lipinski definition) is 2. The Labute approximate surface area is 159 Å². The molecule has 2 aromatic carbocycles. The predicted molar refractivity (Wildman–Crippen MR) is 105 cm³/mol. The number of anilines is 1. The lowest BCUT2D eigenvalue weighted by Gasteiger charge is -2.38. The van der Waals surface area contributed by atoms with E-state index in [-0.39, 0.29) is 6.03 Å². The van der Waals surface area contributed by atoms with E-state index in [9.17, 15) is 4.79 Å². The van der Waals surface area contributed by atoms with Crippen molar-refractivity contribution in [1.29, 1.82) is 0 Å². The average Bonchev–Trinajstić information content (AvgIpc) is 3.05. The molecule has 4 rings (SSSR count). The number of rotatable bonds is 4. The van der Waals surface area contributed by atoms with Crippen LogP contribution in [0.25, 0.3) is 0 Å². The maximum atomic E-state index is 12.9. The number of nitrogens with zero attached hydrogens (tertiary/aromatic N) is 3. The third-order valence-corrected chi connectivity index (χ3v) is 5.58. The molecule has 2 amide bonds. The van der Waals surface area contributed by atoms with Crippen molar-refractivity contribution < 1.29 is 4.79 Å². The lowest BCUT2D eigenvalue weighted by Crippen LogP contribution is -2.50. The van der Waals surface area contributed by atoms with Crippen LogP contribution in [0.15, 0.2) is 54.6 Å². The Balaban J connectivity index is 1.41. The van der Waals surface area contributed by atoms with Gasteiger partial charge in [0.2, 0.25) is 0 Å². The Bertz CT molecular complexity index is 750. The SMILES string of the molecule is O=C1N(c2ccc(Cl)cc2)CCN1N1CCCC(Cc2ccccc2)C1. The number of carbonyl (C=O) groups excluding carboxylic acids is 1. The average molecular weight is 370 g/mol. The minimum atomic E-state index is 0.0766. The van der Waals surface area contributed by atoms with Crippen LogP contribution in [-0.2, 0) is 6.42 Å². The zero-order valence-electron chi connectivity index (χ0n) is 14.9. The molecule has 1 unspecified atom stereocenters. The van der Waals surface area contributed by atoms with Crippen molar-refractivity contribution in [2.24, 2.45) is 5.92 Å². The quantitative estimate of drug-likeness (QED) is 0.795. The molecule has 0 aliphatic carbocycles. The van der Waals surface area contributed by atoms with Crippen molar-refractivity contribution >= 4 is 23.3 Å². The zero-order chi connectivity index (χ0) is 17.9. The number of halogens is 1. The molecule has 4 nitrogen and oxygen atoms in total. The second-order valence-corrected chi connectivity index (χ2v) is 7.58. The third kappa shape index (κ3) is 3.71. The molecule has 0 spiro atoms. The predicted octanol–water partition coefficient (Wildman–Crippen LogP) is 4.45. The van der Waals surface area contributed by atoms with Crippen LogP contribution in [-0.4, -0.2) is 42.2 Å². The smallest absolute Gasteiger partial charge is 0.291 e. The molecule has 0 aromatic heterocycles. The van der Waals surface area contributed by atoms with Crippen molar-refractivity contribution in [1.82, 2.24) is 10.0 Å². The van der Waals surface area contributed by atoms with Crippen molar-refractivity contribution in [3.05, 3.63) is 65.2 Å². The van der Waals surface area contributed by atoms with Gasteiger partial charge in [0.05, 0.1) is 6.54 Å². The van der Waals surface area contributed by atoms with Crippen molar-refractivity contribution in [3.8, 4) is 0 Å². The van der Waals surface area contributed by atoms with Gasteiger partial charge >= 0.3 is 6.03 Å². The van der Waals surface area contributed by atoms with Crippen LogP contribution in [0.2, 0.25) is 5.02 Å². The van der Waals surface area contributed by atoms with Gasteiger partial charge in [-0.1, -0.05) is 41.9 Å². The molecule has 2 saturated heterocycles. The molecule has 0 bridgehead atoms. The van der Waals surface area contributed by atoms with E-state index in [0.717, 1.165) is 44.7 Å². The van der Waals surface area contributed by atoms with Gasteiger partial charge in [-0.2, -0.15) is 0 Å². The highest BCUT2D eigenvalue weighted by atomic mass is 35.5. The number of hydrogen-bond donors (Lipinski definition) is 0. The highest BCUT2D eigenvalue weighted by molar-refractivity contribution is 6.30. The molecule has 0 saturated carbocycles. The van der Waals surface area contributed by atoms with E-state index in [1.54, 1.807) is 0 Å². The summed E-state index contributed by atoms with van der Waals surface area (Å²) >= 11 is 5.97. The molecule has 0 radical (unpaired) electrons. The van der Waals surface area contributed by atoms with Gasteiger partial charge in [-0.15, -0.1) is 0 Å². The second kappa shape index (κ2) is 7.68. The molecule has 2 fully saturated rings. The van der Waals surface area contributed by atoms with Gasteiger partial charge in [-0.3, -0.25) is 9.91 Å². The summed E-state index contributed by atoms with van der Waals surface area (Å²) in [5.41, 5.74) is 2.30. The van der Waals surface area contributed by atoms with E-state index < -0.39 is 0 Å². The maximum Gasteiger partial charge on any atom is 0.339 e. The van der Waals surface area contributed by atoms with E-state index >= 15 is 0 Å². The lowest BCUT2D eigenvalue weighted by atomic mass is 9.92. The van der Waals surface area contributed by atoms with Gasteiger partial charge in [-0.05, 0) is 55.0 Å². The van der Waals surface area contributed by atoms with E-state index in [0.29, 0.717) is 10.9 Å². The van der Waals surface area contributed by atoms with Gasteiger partial charge < -0.3 is 0 Å². The van der Waals surface area contributed by atoms with Crippen molar-refractivity contribution in [3.63, 3.8) is 0 Å². The standard InChI is InChI=1S/C21H24ClN3O/c22-19-8-10-20(11-9-19)24-13-14-25(21(24)26)23-12-4-7-18(16-23)15-17-5-2-1-3-6-17/h1-3,5-6,8-11,18H,4,7,12-16H2. The van der Waals surface area contributed by atoms with Crippen molar-refractivity contribution in [2.45, 2.75) is 19.3 Å². The Morgan fingerprint density at radius 2 is 1.73 bits per heavy atom. The second-order valence-electron chi connectivity index (χ2n) is 7.14. The van der Waals surface area contributed by atoms with Gasteiger partial charge in [0.25, 0.3) is 0 Å². The fourth-order valence-corrected chi connectivity index (χ4v) is 4.15. The van der Waals surface area contributed by atoms with Crippen LogP contribution >= 0.6 is 11.6 Å². The summed E-state index contributed by atoms with van der Waals surface area (Å²) in [6.45, 7) is 3.39. The summed E-state index contributed by atoms with van der Waals surface area (Å²) in [6, 6.07) is 18.2. The third-order valence-electron chi connectivity index (χ3n) is 5.33. The van der Waals surface area contributed by atoms with E-state index in [4.69, 9.17) is 11.6 Å². The van der Waals surface area contributed by atoms with Crippen LogP contribution in [0.3, 0.4) is 0 Å². The fourth-order valence-electron chi connectivity index (χ4n) is 4.02. The molecule has 5 heteroatoms. The number of hydrazine groups is 1. The minimum Gasteiger partial charge on any atom is -0.291 e. The first-order chi connectivity index (χ1) is 12.7. The number of amides is 2. The summed E-state index contributed by atoms with van der Waals surface area (Å²) in [5, 5.41) is 4.89. The molecule has 2 aliphatic heterocycles. The molecule has 2 aliphatic rings. The van der Waals surface area contributed by atoms with Crippen LogP contribution in [0.1, 0.15) is 18.4 Å². The topological polar surface area (TPSA) is 26.8 Å². The molecule has 1 atom stereocenters. The first-order valence-corrected chi connectivity index (χ1v) is 9.72. The maximum absolute atomic E-state index is 12.9. The first kappa shape index (κ1) is 17.4. The fraction of sp³-hybridized carbons (Fsp3) is 0.381. The van der Waals surface area contributed by atoms with Crippen molar-refractivity contribution in [2.75, 3.05) is 31.1 Å². The first-order valence-electron chi connectivity index (χ1n) is 9.34. The highest BCUT2D eigenvalue weighted by Crippen LogP contribution is 2.27. The molecule has 26 heavy (non-hydrogen) atoms. The summed E-state index contributed by atoms with van der Waals surface area (Å²) in [6.07, 6.45) is 3.46. The number of urea groups is 1. The summed E-state index contributed by atoms with van der Waals surface area (Å²) < 4.78 is 0. The van der Waals surface area contributed by atoms with Crippen LogP contribution in [0.5, 0.6) is 0 Å². The lowest BCUT2D eigenvalue weighted by molar-refractivity contribution is -0.00402. The Morgan fingerprint density at radius 3 is 2.50 bits per heavy atom. The molecule has 136 valence electrons. The van der Waals surface area contributed by atoms with Crippen LogP contribution in [0.4, 0.5) is 10.5 Å². The Hall–Kier alpha value is -2.04. The minimum absolute atomic E-state index is 0.0766. The monoisotopic (exact) mass is 369 g/mol. The number of benzene rings is 2. The zero-order valence-corrected chi connectivity index (χ0v) is 15.6. The summed E-state index contributed by atoms with van der Waals surface area (Å²) in [5.74, 6) is 0.600. The summed E-state index contributed by atoms with van der Waals surface area (Å²) in [4.78, 5) is 14.8. The Kier molecular flexibility index (Phi) is 5.14. The molecule has 2 heterocycles. The van der Waals surface area contributed by atoms with E-state index in [2.05, 4.69) is 35.3 Å². The van der Waals surface area contributed by atoms with Crippen LogP contribution < -0.4 is 4.90 Å². The molecular weight excluding hydrogens is 346 g/mol.